The number of nitrogen functional groups attached to an aromatic ring is 1. The van der Waals surface area contributed by atoms with Gasteiger partial charge < -0.3 is 10.5 Å². The van der Waals surface area contributed by atoms with Crippen molar-refractivity contribution in [3.63, 3.8) is 0 Å². The number of ether oxygens (including phenoxy) is 1. The van der Waals surface area contributed by atoms with Crippen LogP contribution in [-0.2, 0) is 4.74 Å². The molecule has 0 aliphatic heterocycles. The van der Waals surface area contributed by atoms with E-state index < -0.39 is 0 Å². The minimum Gasteiger partial charge on any atom is -0.465 e. The van der Waals surface area contributed by atoms with Crippen molar-refractivity contribution in [2.45, 2.75) is 36.0 Å². The molecular weight excluding hydrogens is 236 g/mol. The lowest BCUT2D eigenvalue weighted by Gasteiger charge is -2.11. The number of nitrogens with zero attached hydrogens (tertiary/aromatic N) is 1. The fourth-order valence-corrected chi connectivity index (χ4v) is 3.25. The minimum atomic E-state index is -0.370. The van der Waals surface area contributed by atoms with Gasteiger partial charge in [0.2, 0.25) is 0 Å². The van der Waals surface area contributed by atoms with Crippen molar-refractivity contribution >= 4 is 23.4 Å². The molecule has 0 bridgehead atoms. The average molecular weight is 252 g/mol. The Morgan fingerprint density at radius 2 is 2.24 bits per heavy atom. The van der Waals surface area contributed by atoms with Crippen molar-refractivity contribution < 1.29 is 9.53 Å². The van der Waals surface area contributed by atoms with Gasteiger partial charge in [0.1, 0.15) is 5.03 Å². The number of thioether (sulfide) groups is 1. The predicted octanol–water partition coefficient (Wildman–Crippen LogP) is 2.49. The molecule has 2 N–H and O–H groups in total. The Hall–Kier alpha value is -1.23. The average Bonchev–Trinajstić information content (AvgIpc) is 2.83. The van der Waals surface area contributed by atoms with E-state index in [1.807, 2.05) is 0 Å². The third kappa shape index (κ3) is 2.91. The number of pyridine rings is 1. The summed E-state index contributed by atoms with van der Waals surface area (Å²) in [6.07, 6.45) is 6.50. The number of carbonyl (C=O) groups is 1. The first kappa shape index (κ1) is 12.2. The van der Waals surface area contributed by atoms with Gasteiger partial charge in [0, 0.05) is 5.25 Å². The first-order valence-corrected chi connectivity index (χ1v) is 6.59. The second-order valence-corrected chi connectivity index (χ2v) is 5.43. The topological polar surface area (TPSA) is 65.2 Å². The molecule has 92 valence electrons. The molecule has 0 spiro atoms. The summed E-state index contributed by atoms with van der Waals surface area (Å²) >= 11 is 1.66. The predicted molar refractivity (Wildman–Crippen MR) is 68.1 cm³/mol. The molecule has 1 saturated carbocycles. The fourth-order valence-electron chi connectivity index (χ4n) is 1.98. The van der Waals surface area contributed by atoms with Crippen LogP contribution in [-0.4, -0.2) is 23.3 Å². The van der Waals surface area contributed by atoms with E-state index in [4.69, 9.17) is 10.5 Å². The summed E-state index contributed by atoms with van der Waals surface area (Å²) in [5, 5.41) is 1.30. The van der Waals surface area contributed by atoms with Gasteiger partial charge >= 0.3 is 5.97 Å². The third-order valence-corrected chi connectivity index (χ3v) is 4.21. The van der Waals surface area contributed by atoms with Crippen LogP contribution >= 0.6 is 11.8 Å². The van der Waals surface area contributed by atoms with E-state index in [1.54, 1.807) is 24.0 Å². The van der Waals surface area contributed by atoms with E-state index in [0.29, 0.717) is 16.5 Å². The number of rotatable bonds is 3. The van der Waals surface area contributed by atoms with Crippen LogP contribution in [0.1, 0.15) is 36.0 Å². The van der Waals surface area contributed by atoms with Gasteiger partial charge in [0.05, 0.1) is 24.6 Å². The van der Waals surface area contributed by atoms with Gasteiger partial charge in [-0.3, -0.25) is 0 Å². The van der Waals surface area contributed by atoms with Crippen LogP contribution in [0.3, 0.4) is 0 Å². The number of anilines is 1. The van der Waals surface area contributed by atoms with E-state index in [-0.39, 0.29) is 5.97 Å². The number of carbonyl (C=O) groups excluding carboxylic acids is 1. The highest BCUT2D eigenvalue weighted by Crippen LogP contribution is 2.35. The monoisotopic (exact) mass is 252 g/mol. The van der Waals surface area contributed by atoms with E-state index in [9.17, 15) is 4.79 Å². The molecule has 0 saturated heterocycles. The van der Waals surface area contributed by atoms with Crippen LogP contribution in [0, 0.1) is 0 Å². The SMILES string of the molecule is COC(=O)c1cc(N)cnc1SC1CCCC1. The summed E-state index contributed by atoms with van der Waals surface area (Å²) in [5.74, 6) is -0.370. The number of hydrogen-bond acceptors (Lipinski definition) is 5. The molecule has 4 nitrogen and oxygen atoms in total. The summed E-state index contributed by atoms with van der Waals surface area (Å²) in [7, 11) is 1.37. The summed E-state index contributed by atoms with van der Waals surface area (Å²) < 4.78 is 4.75. The molecule has 1 heterocycles. The number of nitrogens with two attached hydrogens (primary N) is 1. The van der Waals surface area contributed by atoms with Crippen molar-refractivity contribution in [2.75, 3.05) is 12.8 Å². The smallest absolute Gasteiger partial charge is 0.340 e. The van der Waals surface area contributed by atoms with Gasteiger partial charge in [-0.2, -0.15) is 0 Å². The molecule has 0 aromatic carbocycles. The van der Waals surface area contributed by atoms with Gasteiger partial charge in [0.25, 0.3) is 0 Å². The van der Waals surface area contributed by atoms with Crippen LogP contribution < -0.4 is 5.73 Å². The van der Waals surface area contributed by atoms with Gasteiger partial charge in [-0.25, -0.2) is 9.78 Å². The molecule has 1 aromatic heterocycles. The molecule has 0 amide bonds. The molecule has 1 fully saturated rings. The van der Waals surface area contributed by atoms with Crippen molar-refractivity contribution in [1.29, 1.82) is 0 Å². The maximum absolute atomic E-state index is 11.6. The molecule has 1 aliphatic carbocycles. The van der Waals surface area contributed by atoms with Crippen LogP contribution in [0.4, 0.5) is 5.69 Å². The Bertz CT molecular complexity index is 417. The molecule has 1 aromatic rings. The van der Waals surface area contributed by atoms with Crippen LogP contribution in [0.5, 0.6) is 0 Å². The second kappa shape index (κ2) is 5.40. The lowest BCUT2D eigenvalue weighted by molar-refractivity contribution is 0.0596. The molecule has 5 heteroatoms. The van der Waals surface area contributed by atoms with Crippen LogP contribution in [0.15, 0.2) is 17.3 Å². The highest BCUT2D eigenvalue weighted by atomic mass is 32.2. The summed E-state index contributed by atoms with van der Waals surface area (Å²) in [4.78, 5) is 15.9. The molecule has 17 heavy (non-hydrogen) atoms. The van der Waals surface area contributed by atoms with Crippen LogP contribution in [0.25, 0.3) is 0 Å². The van der Waals surface area contributed by atoms with Crippen molar-refractivity contribution in [2.24, 2.45) is 0 Å². The molecule has 1 aliphatic rings. The Balaban J connectivity index is 2.22. The van der Waals surface area contributed by atoms with E-state index in [1.165, 1.54) is 32.8 Å². The van der Waals surface area contributed by atoms with Crippen molar-refractivity contribution in [1.82, 2.24) is 4.98 Å². The van der Waals surface area contributed by atoms with Crippen molar-refractivity contribution in [3.05, 3.63) is 17.8 Å². The zero-order chi connectivity index (χ0) is 12.3. The van der Waals surface area contributed by atoms with Gasteiger partial charge in [-0.15, -0.1) is 11.8 Å². The second-order valence-electron chi connectivity index (χ2n) is 4.14. The van der Waals surface area contributed by atoms with E-state index in [0.717, 1.165) is 5.03 Å². The summed E-state index contributed by atoms with van der Waals surface area (Å²) in [5.41, 5.74) is 6.61. The zero-order valence-electron chi connectivity index (χ0n) is 9.81. The fraction of sp³-hybridized carbons (Fsp3) is 0.500. The Labute approximate surface area is 105 Å². The third-order valence-electron chi connectivity index (χ3n) is 2.86. The number of hydrogen-bond donors (Lipinski definition) is 1. The largest absolute Gasteiger partial charge is 0.465 e. The summed E-state index contributed by atoms with van der Waals surface area (Å²) in [6, 6.07) is 1.64. The van der Waals surface area contributed by atoms with Crippen molar-refractivity contribution in [3.8, 4) is 0 Å². The minimum absolute atomic E-state index is 0.370. The first-order valence-electron chi connectivity index (χ1n) is 5.71. The van der Waals surface area contributed by atoms with Gasteiger partial charge in [0.15, 0.2) is 0 Å². The zero-order valence-corrected chi connectivity index (χ0v) is 10.6. The molecule has 0 unspecified atom stereocenters. The highest BCUT2D eigenvalue weighted by Gasteiger charge is 2.21. The highest BCUT2D eigenvalue weighted by molar-refractivity contribution is 7.99. The lowest BCUT2D eigenvalue weighted by atomic mass is 10.3. The van der Waals surface area contributed by atoms with E-state index in [2.05, 4.69) is 4.98 Å². The maximum atomic E-state index is 11.6. The van der Waals surface area contributed by atoms with Gasteiger partial charge in [-0.05, 0) is 18.9 Å². The lowest BCUT2D eigenvalue weighted by Crippen LogP contribution is -2.07. The Kier molecular flexibility index (Phi) is 3.89. The standard InChI is InChI=1S/C12H16N2O2S/c1-16-12(15)10-6-8(13)7-14-11(10)17-9-4-2-3-5-9/h6-7,9H,2-5,13H2,1H3. The first-order chi connectivity index (χ1) is 8.20. The Morgan fingerprint density at radius 1 is 1.53 bits per heavy atom. The quantitative estimate of drug-likeness (QED) is 0.837. The number of methoxy groups -OCH3 is 1. The van der Waals surface area contributed by atoms with Crippen LogP contribution in [0.2, 0.25) is 0 Å². The maximum Gasteiger partial charge on any atom is 0.340 e. The molecule has 2 rings (SSSR count). The summed E-state index contributed by atoms with van der Waals surface area (Å²) in [6.45, 7) is 0. The molecule has 0 atom stereocenters. The van der Waals surface area contributed by atoms with E-state index >= 15 is 0 Å². The van der Waals surface area contributed by atoms with Gasteiger partial charge in [-0.1, -0.05) is 12.8 Å². The molecular formula is C12H16N2O2S. The Morgan fingerprint density at radius 3 is 2.88 bits per heavy atom. The number of esters is 1. The molecule has 0 radical (unpaired) electrons. The normalized spacial score (nSPS) is 16.1. The number of aromatic nitrogens is 1.